The van der Waals surface area contributed by atoms with Crippen molar-refractivity contribution in [2.45, 2.75) is 25.7 Å². The number of nitrogens with one attached hydrogen (secondary N) is 2. The zero-order valence-electron chi connectivity index (χ0n) is 16.7. The molecule has 2 aromatic heterocycles. The van der Waals surface area contributed by atoms with Gasteiger partial charge in [-0.25, -0.2) is 17.8 Å². The molecule has 2 N–H and O–H groups in total. The molecule has 3 rings (SSSR count). The molecule has 0 saturated heterocycles. The Labute approximate surface area is 173 Å². The molecule has 3 aromatic rings. The second-order valence-corrected chi connectivity index (χ2v) is 8.33. The summed E-state index contributed by atoms with van der Waals surface area (Å²) in [5, 5.41) is 26.3. The first-order chi connectivity index (χ1) is 14.2. The fraction of sp³-hybridized carbons (Fsp3) is 0.278. The van der Waals surface area contributed by atoms with E-state index in [0.29, 0.717) is 11.6 Å². The Morgan fingerprint density at radius 1 is 1.03 bits per heavy atom. The summed E-state index contributed by atoms with van der Waals surface area (Å²) in [6.07, 6.45) is 0. The highest BCUT2D eigenvalue weighted by molar-refractivity contribution is 7.89. The van der Waals surface area contributed by atoms with Crippen molar-refractivity contribution in [1.82, 2.24) is 24.7 Å². The van der Waals surface area contributed by atoms with Gasteiger partial charge in [-0.3, -0.25) is 10.1 Å². The van der Waals surface area contributed by atoms with Gasteiger partial charge in [-0.15, -0.1) is 10.2 Å². The first kappa shape index (κ1) is 21.3. The molecule has 30 heavy (non-hydrogen) atoms. The lowest BCUT2D eigenvalue weighted by molar-refractivity contribution is -0.384. The van der Waals surface area contributed by atoms with E-state index in [4.69, 9.17) is 0 Å². The van der Waals surface area contributed by atoms with Crippen LogP contribution >= 0.6 is 0 Å². The monoisotopic (exact) mass is 431 g/mol. The summed E-state index contributed by atoms with van der Waals surface area (Å²) in [7, 11) is -3.77. The highest BCUT2D eigenvalue weighted by Crippen LogP contribution is 2.16. The number of rotatable bonds is 8. The van der Waals surface area contributed by atoms with E-state index in [1.807, 2.05) is 20.8 Å². The lowest BCUT2D eigenvalue weighted by atomic mass is 10.2. The van der Waals surface area contributed by atoms with Crippen molar-refractivity contribution >= 4 is 21.5 Å². The molecule has 2 heterocycles. The smallest absolute Gasteiger partial charge is 0.269 e. The third-order valence-corrected chi connectivity index (χ3v) is 6.08. The van der Waals surface area contributed by atoms with Crippen LogP contribution < -0.4 is 10.0 Å². The molecule has 0 aliphatic rings. The zero-order valence-corrected chi connectivity index (χ0v) is 17.5. The Hall–Kier alpha value is -3.38. The molecule has 158 valence electrons. The van der Waals surface area contributed by atoms with Crippen molar-refractivity contribution in [3.63, 3.8) is 0 Å². The van der Waals surface area contributed by atoms with Gasteiger partial charge in [0.15, 0.2) is 5.82 Å². The SMILES string of the molecule is Cc1nn(-c2ccc(NCCNS(=O)(=O)c3ccc([N+](=O)[O-])cc3)nn2)c(C)c1C. The molecule has 0 atom stereocenters. The zero-order chi connectivity index (χ0) is 21.9. The van der Waals surface area contributed by atoms with Gasteiger partial charge in [0.25, 0.3) is 5.69 Å². The summed E-state index contributed by atoms with van der Waals surface area (Å²) >= 11 is 0. The van der Waals surface area contributed by atoms with Gasteiger partial charge in [-0.05, 0) is 50.6 Å². The summed E-state index contributed by atoms with van der Waals surface area (Å²) in [4.78, 5) is 10.0. The fourth-order valence-corrected chi connectivity index (χ4v) is 3.71. The predicted molar refractivity (Wildman–Crippen MR) is 110 cm³/mol. The van der Waals surface area contributed by atoms with Crippen LogP contribution in [0, 0.1) is 30.9 Å². The Balaban J connectivity index is 1.55. The minimum atomic E-state index is -3.77. The normalized spacial score (nSPS) is 11.4. The summed E-state index contributed by atoms with van der Waals surface area (Å²) < 4.78 is 28.6. The van der Waals surface area contributed by atoms with Crippen LogP contribution in [0.4, 0.5) is 11.5 Å². The van der Waals surface area contributed by atoms with Crippen LogP contribution in [-0.2, 0) is 10.0 Å². The van der Waals surface area contributed by atoms with E-state index in [9.17, 15) is 18.5 Å². The highest BCUT2D eigenvalue weighted by atomic mass is 32.2. The third-order valence-electron chi connectivity index (χ3n) is 4.60. The maximum Gasteiger partial charge on any atom is 0.269 e. The van der Waals surface area contributed by atoms with Crippen LogP contribution in [0.3, 0.4) is 0 Å². The number of sulfonamides is 1. The van der Waals surface area contributed by atoms with Crippen LogP contribution in [0.5, 0.6) is 0 Å². The van der Waals surface area contributed by atoms with Gasteiger partial charge in [0.05, 0.1) is 15.5 Å². The number of nitro groups is 1. The van der Waals surface area contributed by atoms with E-state index in [1.165, 1.54) is 12.1 Å². The summed E-state index contributed by atoms with van der Waals surface area (Å²) in [5.74, 6) is 1.08. The van der Waals surface area contributed by atoms with E-state index in [1.54, 1.807) is 16.8 Å². The van der Waals surface area contributed by atoms with E-state index in [-0.39, 0.29) is 23.7 Å². The van der Waals surface area contributed by atoms with Crippen molar-refractivity contribution in [3.05, 3.63) is 63.5 Å². The summed E-state index contributed by atoms with van der Waals surface area (Å²) in [5.41, 5.74) is 2.84. The predicted octanol–water partition coefficient (Wildman–Crippen LogP) is 1.89. The summed E-state index contributed by atoms with van der Waals surface area (Å²) in [6.45, 7) is 6.26. The van der Waals surface area contributed by atoms with Gasteiger partial charge >= 0.3 is 0 Å². The Morgan fingerprint density at radius 2 is 1.73 bits per heavy atom. The number of anilines is 1. The molecule has 0 fully saturated rings. The number of aryl methyl sites for hydroxylation is 1. The number of hydrogen-bond acceptors (Lipinski definition) is 8. The second kappa shape index (κ2) is 8.55. The van der Waals surface area contributed by atoms with Crippen LogP contribution in [-0.4, -0.2) is 46.4 Å². The van der Waals surface area contributed by atoms with E-state index >= 15 is 0 Å². The molecular weight excluding hydrogens is 410 g/mol. The van der Waals surface area contributed by atoms with Gasteiger partial charge in [-0.1, -0.05) is 0 Å². The molecule has 12 heteroatoms. The molecule has 0 aliphatic heterocycles. The maximum atomic E-state index is 12.2. The molecule has 0 aliphatic carbocycles. The molecule has 11 nitrogen and oxygen atoms in total. The Morgan fingerprint density at radius 3 is 2.27 bits per heavy atom. The number of nitrogens with zero attached hydrogens (tertiary/aromatic N) is 5. The fourth-order valence-electron chi connectivity index (χ4n) is 2.68. The molecule has 0 amide bonds. The quantitative estimate of drug-likeness (QED) is 0.312. The largest absolute Gasteiger partial charge is 0.367 e. The molecular formula is C18H21N7O4S. The van der Waals surface area contributed by atoms with E-state index in [2.05, 4.69) is 25.3 Å². The first-order valence-corrected chi connectivity index (χ1v) is 10.5. The molecule has 0 unspecified atom stereocenters. The average molecular weight is 431 g/mol. The maximum absolute atomic E-state index is 12.2. The van der Waals surface area contributed by atoms with Gasteiger partial charge < -0.3 is 5.32 Å². The van der Waals surface area contributed by atoms with Gasteiger partial charge in [0.2, 0.25) is 10.0 Å². The van der Waals surface area contributed by atoms with E-state index < -0.39 is 14.9 Å². The minimum Gasteiger partial charge on any atom is -0.367 e. The minimum absolute atomic E-state index is 0.0441. The number of non-ortho nitro benzene ring substituents is 1. The molecule has 0 radical (unpaired) electrons. The van der Waals surface area contributed by atoms with E-state index in [0.717, 1.165) is 29.1 Å². The van der Waals surface area contributed by atoms with Crippen molar-refractivity contribution in [2.24, 2.45) is 0 Å². The van der Waals surface area contributed by atoms with Crippen molar-refractivity contribution in [3.8, 4) is 5.82 Å². The van der Waals surface area contributed by atoms with Gasteiger partial charge in [0.1, 0.15) is 5.82 Å². The molecule has 0 bridgehead atoms. The molecule has 0 saturated carbocycles. The second-order valence-electron chi connectivity index (χ2n) is 6.56. The van der Waals surface area contributed by atoms with Crippen LogP contribution in [0.25, 0.3) is 5.82 Å². The lowest BCUT2D eigenvalue weighted by Gasteiger charge is -2.09. The molecule has 0 spiro atoms. The number of benzene rings is 1. The highest BCUT2D eigenvalue weighted by Gasteiger charge is 2.15. The standard InChI is InChI=1S/C18H21N7O4S/c1-12-13(2)23-24(14(12)3)18-9-8-17(21-22-18)19-10-11-20-30(28,29)16-6-4-15(5-7-16)25(26)27/h4-9,20H,10-11H2,1-3H3,(H,19,21). The van der Waals surface area contributed by atoms with Crippen LogP contribution in [0.2, 0.25) is 0 Å². The lowest BCUT2D eigenvalue weighted by Crippen LogP contribution is -2.29. The number of nitro benzene ring substituents is 1. The number of hydrogen-bond donors (Lipinski definition) is 2. The molecule has 1 aromatic carbocycles. The van der Waals surface area contributed by atoms with Crippen molar-refractivity contribution < 1.29 is 13.3 Å². The van der Waals surface area contributed by atoms with Crippen molar-refractivity contribution in [1.29, 1.82) is 0 Å². The van der Waals surface area contributed by atoms with Gasteiger partial charge in [0, 0.05) is 30.9 Å². The average Bonchev–Trinajstić information content (AvgIpc) is 2.99. The van der Waals surface area contributed by atoms with Gasteiger partial charge in [-0.2, -0.15) is 5.10 Å². The first-order valence-electron chi connectivity index (χ1n) is 9.04. The number of aromatic nitrogens is 4. The van der Waals surface area contributed by atoms with Crippen LogP contribution in [0.1, 0.15) is 17.0 Å². The summed E-state index contributed by atoms with van der Waals surface area (Å²) in [6, 6.07) is 8.19. The van der Waals surface area contributed by atoms with Crippen molar-refractivity contribution in [2.75, 3.05) is 18.4 Å². The Bertz CT molecular complexity index is 1160. The van der Waals surface area contributed by atoms with Crippen LogP contribution in [0.15, 0.2) is 41.3 Å². The third kappa shape index (κ3) is 4.60. The topological polar surface area (TPSA) is 145 Å². The Kier molecular flexibility index (Phi) is 6.08.